The molecule has 11 heteroatoms. The summed E-state index contributed by atoms with van der Waals surface area (Å²) in [6, 6.07) is 11.1. The molecule has 2 amide bonds. The third-order valence-electron chi connectivity index (χ3n) is 5.96. The van der Waals surface area contributed by atoms with Crippen molar-refractivity contribution in [1.29, 1.82) is 0 Å². The largest absolute Gasteiger partial charge is 0.480 e. The Morgan fingerprint density at radius 2 is 1.88 bits per heavy atom. The normalized spacial score (nSPS) is 18.1. The van der Waals surface area contributed by atoms with Crippen molar-refractivity contribution in [3.8, 4) is 0 Å². The lowest BCUT2D eigenvalue weighted by atomic mass is 9.89. The highest BCUT2D eigenvalue weighted by Crippen LogP contribution is 2.35. The number of nitro benzene ring substituents is 1. The Kier molecular flexibility index (Phi) is 6.28. The Hall–Kier alpha value is -4.25. The van der Waals surface area contributed by atoms with Crippen LogP contribution in [0.2, 0.25) is 0 Å². The maximum atomic E-state index is 13.1. The molecule has 0 saturated carbocycles. The van der Waals surface area contributed by atoms with Crippen molar-refractivity contribution in [3.05, 3.63) is 75.5 Å². The number of nitrogens with two attached hydrogens (primary N) is 1. The fourth-order valence-electron chi connectivity index (χ4n) is 4.27. The standard InChI is InChI=1S/C23H23N5O6/c24-19(29)10-9-17(23(31)32)27-22(30)18-11-15-14-3-1-2-4-16(14)25-21(15)20(26-18)12-5-7-13(8-6-12)28(33)34/h1-8,17-18,20,25-26H,9-11H2,(H2,24,29)(H,27,30)(H,31,32)/t17-,18-,20-/m0/s1. The summed E-state index contributed by atoms with van der Waals surface area (Å²) in [6.45, 7) is 0. The zero-order valence-electron chi connectivity index (χ0n) is 18.0. The number of rotatable bonds is 8. The highest BCUT2D eigenvalue weighted by Gasteiger charge is 2.35. The number of carbonyl (C=O) groups is 3. The summed E-state index contributed by atoms with van der Waals surface area (Å²) >= 11 is 0. The van der Waals surface area contributed by atoms with E-state index in [0.29, 0.717) is 12.0 Å². The summed E-state index contributed by atoms with van der Waals surface area (Å²) in [5.74, 6) is -2.44. The van der Waals surface area contributed by atoms with Gasteiger partial charge in [0.05, 0.1) is 17.0 Å². The van der Waals surface area contributed by atoms with Crippen molar-refractivity contribution < 1.29 is 24.4 Å². The number of amides is 2. The molecule has 6 N–H and O–H groups in total. The highest BCUT2D eigenvalue weighted by atomic mass is 16.6. The van der Waals surface area contributed by atoms with Crippen molar-refractivity contribution in [2.24, 2.45) is 5.73 Å². The van der Waals surface area contributed by atoms with Crippen LogP contribution in [0.15, 0.2) is 48.5 Å². The Labute approximate surface area is 193 Å². The van der Waals surface area contributed by atoms with Crippen molar-refractivity contribution in [3.63, 3.8) is 0 Å². The number of carboxylic acid groups (broad SMARTS) is 1. The summed E-state index contributed by atoms with van der Waals surface area (Å²) in [5.41, 5.74) is 8.40. The van der Waals surface area contributed by atoms with E-state index in [2.05, 4.69) is 15.6 Å². The number of aliphatic carboxylic acids is 1. The highest BCUT2D eigenvalue weighted by molar-refractivity contribution is 5.90. The number of nitrogens with zero attached hydrogens (tertiary/aromatic N) is 1. The predicted molar refractivity (Wildman–Crippen MR) is 122 cm³/mol. The molecule has 1 aliphatic heterocycles. The quantitative estimate of drug-likeness (QED) is 0.247. The van der Waals surface area contributed by atoms with Crippen molar-refractivity contribution in [1.82, 2.24) is 15.6 Å². The minimum absolute atomic E-state index is 0.0514. The lowest BCUT2D eigenvalue weighted by Crippen LogP contribution is -2.53. The molecule has 3 atom stereocenters. The van der Waals surface area contributed by atoms with Gasteiger partial charge in [-0.1, -0.05) is 30.3 Å². The summed E-state index contributed by atoms with van der Waals surface area (Å²) in [5, 5.41) is 27.2. The number of fused-ring (bicyclic) bond motifs is 3. The van der Waals surface area contributed by atoms with Crippen molar-refractivity contribution in [2.45, 2.75) is 37.4 Å². The van der Waals surface area contributed by atoms with Crippen LogP contribution in [0.5, 0.6) is 0 Å². The van der Waals surface area contributed by atoms with E-state index in [1.165, 1.54) is 12.1 Å². The van der Waals surface area contributed by atoms with Gasteiger partial charge in [0.1, 0.15) is 6.04 Å². The van der Waals surface area contributed by atoms with Crippen LogP contribution in [0.3, 0.4) is 0 Å². The monoisotopic (exact) mass is 465 g/mol. The number of aromatic amines is 1. The molecule has 1 aromatic heterocycles. The summed E-state index contributed by atoms with van der Waals surface area (Å²) in [7, 11) is 0. The number of aromatic nitrogens is 1. The molecule has 0 spiro atoms. The van der Waals surface area contributed by atoms with E-state index in [4.69, 9.17) is 5.73 Å². The molecule has 0 unspecified atom stereocenters. The SMILES string of the molecule is NC(=O)CC[C@H](NC(=O)[C@@H]1Cc2c([nH]c3ccccc23)[C@H](c2ccc([N+](=O)[O-])cc2)N1)C(=O)O. The molecule has 2 heterocycles. The number of primary amides is 1. The van der Waals surface area contributed by atoms with Gasteiger partial charge in [-0.2, -0.15) is 0 Å². The Bertz CT molecular complexity index is 1270. The lowest BCUT2D eigenvalue weighted by molar-refractivity contribution is -0.384. The minimum atomic E-state index is -1.26. The second-order valence-electron chi connectivity index (χ2n) is 8.17. The molecule has 2 aromatic carbocycles. The Balaban J connectivity index is 1.66. The van der Waals surface area contributed by atoms with Gasteiger partial charge in [-0.3, -0.25) is 25.0 Å². The topological polar surface area (TPSA) is 180 Å². The number of nitro groups is 1. The Morgan fingerprint density at radius 3 is 2.53 bits per heavy atom. The van der Waals surface area contributed by atoms with Gasteiger partial charge >= 0.3 is 5.97 Å². The molecule has 0 radical (unpaired) electrons. The van der Waals surface area contributed by atoms with Crippen LogP contribution < -0.4 is 16.4 Å². The van der Waals surface area contributed by atoms with Crippen molar-refractivity contribution in [2.75, 3.05) is 0 Å². The van der Waals surface area contributed by atoms with E-state index in [1.54, 1.807) is 12.1 Å². The number of hydrogen-bond acceptors (Lipinski definition) is 6. The summed E-state index contributed by atoms with van der Waals surface area (Å²) in [4.78, 5) is 49.7. The fourth-order valence-corrected chi connectivity index (χ4v) is 4.27. The molecular formula is C23H23N5O6. The molecule has 0 fully saturated rings. The molecule has 34 heavy (non-hydrogen) atoms. The predicted octanol–water partition coefficient (Wildman–Crippen LogP) is 1.51. The van der Waals surface area contributed by atoms with Gasteiger partial charge < -0.3 is 21.1 Å². The molecule has 11 nitrogen and oxygen atoms in total. The van der Waals surface area contributed by atoms with Gasteiger partial charge in [0.15, 0.2) is 0 Å². The minimum Gasteiger partial charge on any atom is -0.480 e. The molecule has 4 rings (SSSR count). The summed E-state index contributed by atoms with van der Waals surface area (Å²) < 4.78 is 0. The van der Waals surface area contributed by atoms with Gasteiger partial charge in [0.2, 0.25) is 11.8 Å². The molecule has 176 valence electrons. The molecular weight excluding hydrogens is 442 g/mol. The van der Waals surface area contributed by atoms with Gasteiger partial charge in [-0.15, -0.1) is 0 Å². The molecule has 1 aliphatic rings. The number of carbonyl (C=O) groups excluding carboxylic acids is 2. The van der Waals surface area contributed by atoms with Crippen LogP contribution in [-0.4, -0.2) is 44.9 Å². The van der Waals surface area contributed by atoms with Gasteiger partial charge in [0.25, 0.3) is 5.69 Å². The number of nitrogens with one attached hydrogen (secondary N) is 3. The van der Waals surface area contributed by atoms with E-state index in [9.17, 15) is 29.6 Å². The van der Waals surface area contributed by atoms with E-state index in [1.807, 2.05) is 24.3 Å². The van der Waals surface area contributed by atoms with Gasteiger partial charge in [0, 0.05) is 35.2 Å². The van der Waals surface area contributed by atoms with Crippen LogP contribution in [-0.2, 0) is 20.8 Å². The van der Waals surface area contributed by atoms with E-state index in [-0.39, 0.29) is 18.5 Å². The molecule has 3 aromatic rings. The van der Waals surface area contributed by atoms with Crippen molar-refractivity contribution >= 4 is 34.4 Å². The fraction of sp³-hybridized carbons (Fsp3) is 0.261. The second-order valence-corrected chi connectivity index (χ2v) is 8.17. The maximum absolute atomic E-state index is 13.1. The molecule has 0 aliphatic carbocycles. The average Bonchev–Trinajstić information content (AvgIpc) is 3.19. The smallest absolute Gasteiger partial charge is 0.326 e. The van der Waals surface area contributed by atoms with Crippen LogP contribution in [0, 0.1) is 10.1 Å². The Morgan fingerprint density at radius 1 is 1.18 bits per heavy atom. The zero-order valence-corrected chi connectivity index (χ0v) is 18.0. The number of non-ortho nitro benzene ring substituents is 1. The van der Waals surface area contributed by atoms with E-state index in [0.717, 1.165) is 22.2 Å². The number of carboxylic acids is 1. The summed E-state index contributed by atoms with van der Waals surface area (Å²) in [6.07, 6.45) is 0.0113. The number of H-pyrrole nitrogens is 1. The first kappa shape index (κ1) is 22.9. The average molecular weight is 465 g/mol. The number of para-hydroxylation sites is 1. The van der Waals surface area contributed by atoms with Crippen LogP contribution in [0.4, 0.5) is 5.69 Å². The van der Waals surface area contributed by atoms with Crippen LogP contribution in [0.25, 0.3) is 10.9 Å². The van der Waals surface area contributed by atoms with E-state index >= 15 is 0 Å². The molecule has 0 saturated heterocycles. The first-order valence-electron chi connectivity index (χ1n) is 10.7. The maximum Gasteiger partial charge on any atom is 0.326 e. The van der Waals surface area contributed by atoms with Gasteiger partial charge in [-0.25, -0.2) is 4.79 Å². The number of benzene rings is 2. The van der Waals surface area contributed by atoms with E-state index < -0.39 is 40.8 Å². The number of hydrogen-bond donors (Lipinski definition) is 5. The third-order valence-corrected chi connectivity index (χ3v) is 5.96. The molecule has 0 bridgehead atoms. The first-order chi connectivity index (χ1) is 16.2. The van der Waals surface area contributed by atoms with Crippen LogP contribution in [0.1, 0.15) is 35.7 Å². The first-order valence-corrected chi connectivity index (χ1v) is 10.7. The van der Waals surface area contributed by atoms with Crippen LogP contribution >= 0.6 is 0 Å². The second kappa shape index (κ2) is 9.32. The van der Waals surface area contributed by atoms with Gasteiger partial charge in [-0.05, 0) is 30.0 Å². The lowest BCUT2D eigenvalue weighted by Gasteiger charge is -2.31. The third kappa shape index (κ3) is 4.59. The zero-order chi connectivity index (χ0) is 24.4.